The van der Waals surface area contributed by atoms with Gasteiger partial charge in [0.1, 0.15) is 11.3 Å². The molecule has 1 amide bonds. The van der Waals surface area contributed by atoms with E-state index in [0.717, 1.165) is 15.8 Å². The van der Waals surface area contributed by atoms with Crippen LogP contribution in [0.1, 0.15) is 15.9 Å². The van der Waals surface area contributed by atoms with E-state index in [2.05, 4.69) is 10.3 Å². The third kappa shape index (κ3) is 3.23. The third-order valence-electron chi connectivity index (χ3n) is 3.79. The fourth-order valence-electron chi connectivity index (χ4n) is 2.47. The number of carbonyl (C=O) groups is 1. The van der Waals surface area contributed by atoms with Gasteiger partial charge in [-0.05, 0) is 36.8 Å². The molecular formula is C18H18N2O4S. The minimum atomic E-state index is -0.267. The smallest absolute Gasteiger partial charge is 0.257 e. The Balaban J connectivity index is 1.91. The van der Waals surface area contributed by atoms with E-state index in [1.807, 2.05) is 19.1 Å². The molecule has 0 fully saturated rings. The molecular weight excluding hydrogens is 340 g/mol. The van der Waals surface area contributed by atoms with Crippen LogP contribution < -0.4 is 19.5 Å². The van der Waals surface area contributed by atoms with E-state index in [9.17, 15) is 4.79 Å². The van der Waals surface area contributed by atoms with E-state index < -0.39 is 0 Å². The highest BCUT2D eigenvalue weighted by Gasteiger charge is 2.15. The summed E-state index contributed by atoms with van der Waals surface area (Å²) in [6, 6.07) is 8.85. The number of anilines is 1. The van der Waals surface area contributed by atoms with Crippen LogP contribution in [0, 0.1) is 6.92 Å². The van der Waals surface area contributed by atoms with E-state index >= 15 is 0 Å². The summed E-state index contributed by atoms with van der Waals surface area (Å²) in [5.41, 5.74) is 2.29. The van der Waals surface area contributed by atoms with E-state index in [1.54, 1.807) is 32.4 Å². The number of hydrogen-bond donors (Lipinski definition) is 1. The number of thiazole rings is 1. The minimum Gasteiger partial charge on any atom is -0.494 e. The summed E-state index contributed by atoms with van der Waals surface area (Å²) in [5.74, 6) is 1.48. The molecule has 0 unspecified atom stereocenters. The van der Waals surface area contributed by atoms with Gasteiger partial charge in [-0.25, -0.2) is 4.98 Å². The molecule has 7 heteroatoms. The highest BCUT2D eigenvalue weighted by atomic mass is 32.1. The Hall–Kier alpha value is -2.80. The summed E-state index contributed by atoms with van der Waals surface area (Å²) in [5, 5.41) is 3.35. The van der Waals surface area contributed by atoms with Crippen LogP contribution in [0.4, 0.5) is 5.13 Å². The van der Waals surface area contributed by atoms with Crippen LogP contribution in [0.25, 0.3) is 10.2 Å². The first kappa shape index (κ1) is 17.0. The molecule has 3 aromatic rings. The topological polar surface area (TPSA) is 69.7 Å². The summed E-state index contributed by atoms with van der Waals surface area (Å²) in [6.07, 6.45) is 0. The zero-order valence-electron chi connectivity index (χ0n) is 14.4. The first-order valence-electron chi connectivity index (χ1n) is 7.55. The Morgan fingerprint density at radius 1 is 1.00 bits per heavy atom. The van der Waals surface area contributed by atoms with E-state index in [4.69, 9.17) is 14.2 Å². The Kier molecular flexibility index (Phi) is 4.76. The third-order valence-corrected chi connectivity index (χ3v) is 4.90. The predicted octanol–water partition coefficient (Wildman–Crippen LogP) is 3.88. The molecule has 0 aliphatic heterocycles. The van der Waals surface area contributed by atoms with Gasteiger partial charge in [-0.3, -0.25) is 10.1 Å². The molecule has 0 radical (unpaired) electrons. The van der Waals surface area contributed by atoms with Gasteiger partial charge in [-0.15, -0.1) is 0 Å². The standard InChI is InChI=1S/C18H18N2O4S/c1-10-5-7-13(23-3)15-16(10)25-18(19-15)20-17(21)11-6-8-12(22-2)14(9-11)24-4/h5-9H,1-4H3,(H,19,20,21). The first-order chi connectivity index (χ1) is 12.1. The van der Waals surface area contributed by atoms with Crippen LogP contribution in [-0.4, -0.2) is 32.2 Å². The van der Waals surface area contributed by atoms with Gasteiger partial charge in [0, 0.05) is 5.56 Å². The van der Waals surface area contributed by atoms with E-state index in [1.165, 1.54) is 18.4 Å². The van der Waals surface area contributed by atoms with Crippen molar-refractivity contribution in [3.63, 3.8) is 0 Å². The summed E-state index contributed by atoms with van der Waals surface area (Å²) < 4.78 is 16.8. The van der Waals surface area contributed by atoms with Crippen LogP contribution in [-0.2, 0) is 0 Å². The van der Waals surface area contributed by atoms with Crippen molar-refractivity contribution in [3.05, 3.63) is 41.5 Å². The van der Waals surface area contributed by atoms with Gasteiger partial charge >= 0.3 is 0 Å². The van der Waals surface area contributed by atoms with Gasteiger partial charge in [0.05, 0.1) is 26.0 Å². The molecule has 1 heterocycles. The van der Waals surface area contributed by atoms with Crippen molar-refractivity contribution in [2.24, 2.45) is 0 Å². The van der Waals surface area contributed by atoms with Crippen molar-refractivity contribution in [3.8, 4) is 17.2 Å². The zero-order chi connectivity index (χ0) is 18.0. The van der Waals surface area contributed by atoms with Crippen molar-refractivity contribution >= 4 is 32.6 Å². The highest BCUT2D eigenvalue weighted by Crippen LogP contribution is 2.35. The van der Waals surface area contributed by atoms with Crippen molar-refractivity contribution in [1.29, 1.82) is 0 Å². The predicted molar refractivity (Wildman–Crippen MR) is 98.4 cm³/mol. The molecule has 0 aliphatic rings. The Morgan fingerprint density at radius 3 is 2.36 bits per heavy atom. The molecule has 25 heavy (non-hydrogen) atoms. The normalized spacial score (nSPS) is 10.6. The number of carbonyl (C=O) groups excluding carboxylic acids is 1. The van der Waals surface area contributed by atoms with Gasteiger partial charge in [-0.1, -0.05) is 17.4 Å². The number of methoxy groups -OCH3 is 3. The summed E-state index contributed by atoms with van der Waals surface area (Å²) >= 11 is 1.42. The fourth-order valence-corrected chi connectivity index (χ4v) is 3.42. The Labute approximate surface area is 149 Å². The molecule has 0 bridgehead atoms. The van der Waals surface area contributed by atoms with Crippen molar-refractivity contribution in [2.75, 3.05) is 26.6 Å². The van der Waals surface area contributed by atoms with Crippen molar-refractivity contribution < 1.29 is 19.0 Å². The van der Waals surface area contributed by atoms with Crippen LogP contribution in [0.3, 0.4) is 0 Å². The summed E-state index contributed by atoms with van der Waals surface area (Å²) in [7, 11) is 4.68. The van der Waals surface area contributed by atoms with Crippen LogP contribution in [0.2, 0.25) is 0 Å². The second-order valence-corrected chi connectivity index (χ2v) is 6.30. The van der Waals surface area contributed by atoms with Gasteiger partial charge < -0.3 is 14.2 Å². The van der Waals surface area contributed by atoms with E-state index in [0.29, 0.717) is 27.9 Å². The number of rotatable bonds is 5. The SMILES string of the molecule is COc1ccc(C(=O)Nc2nc3c(OC)ccc(C)c3s2)cc1OC. The van der Waals surface area contributed by atoms with Crippen molar-refractivity contribution in [2.45, 2.75) is 6.92 Å². The maximum absolute atomic E-state index is 12.5. The number of benzene rings is 2. The number of nitrogens with zero attached hydrogens (tertiary/aromatic N) is 1. The second-order valence-electron chi connectivity index (χ2n) is 5.31. The maximum atomic E-state index is 12.5. The minimum absolute atomic E-state index is 0.267. The lowest BCUT2D eigenvalue weighted by molar-refractivity contribution is 0.102. The average Bonchev–Trinajstić information content (AvgIpc) is 3.06. The average molecular weight is 358 g/mol. The fraction of sp³-hybridized carbons (Fsp3) is 0.222. The summed E-state index contributed by atoms with van der Waals surface area (Å²) in [6.45, 7) is 2.00. The number of fused-ring (bicyclic) bond motifs is 1. The largest absolute Gasteiger partial charge is 0.494 e. The quantitative estimate of drug-likeness (QED) is 0.749. The van der Waals surface area contributed by atoms with Gasteiger partial charge in [0.15, 0.2) is 16.6 Å². The van der Waals surface area contributed by atoms with Gasteiger partial charge in [0.25, 0.3) is 5.91 Å². The number of amides is 1. The highest BCUT2D eigenvalue weighted by molar-refractivity contribution is 7.22. The lowest BCUT2D eigenvalue weighted by atomic mass is 10.2. The number of aromatic nitrogens is 1. The molecule has 0 aliphatic carbocycles. The number of hydrogen-bond acceptors (Lipinski definition) is 6. The number of nitrogens with one attached hydrogen (secondary N) is 1. The number of aryl methyl sites for hydroxylation is 1. The Bertz CT molecular complexity index is 936. The first-order valence-corrected chi connectivity index (χ1v) is 8.36. The van der Waals surface area contributed by atoms with E-state index in [-0.39, 0.29) is 5.91 Å². The van der Waals surface area contributed by atoms with Crippen LogP contribution in [0.15, 0.2) is 30.3 Å². The van der Waals surface area contributed by atoms with Crippen molar-refractivity contribution in [1.82, 2.24) is 4.98 Å². The zero-order valence-corrected chi connectivity index (χ0v) is 15.2. The monoisotopic (exact) mass is 358 g/mol. The lowest BCUT2D eigenvalue weighted by Crippen LogP contribution is -2.11. The molecule has 2 aromatic carbocycles. The van der Waals surface area contributed by atoms with Crippen LogP contribution >= 0.6 is 11.3 Å². The molecule has 1 N–H and O–H groups in total. The van der Waals surface area contributed by atoms with Crippen LogP contribution in [0.5, 0.6) is 17.2 Å². The molecule has 3 rings (SSSR count). The molecule has 0 saturated heterocycles. The van der Waals surface area contributed by atoms with Gasteiger partial charge in [-0.2, -0.15) is 0 Å². The molecule has 130 valence electrons. The summed E-state index contributed by atoms with van der Waals surface area (Å²) in [4.78, 5) is 17.0. The number of ether oxygens (including phenoxy) is 3. The Morgan fingerprint density at radius 2 is 1.68 bits per heavy atom. The van der Waals surface area contributed by atoms with Gasteiger partial charge in [0.2, 0.25) is 0 Å². The molecule has 1 aromatic heterocycles. The molecule has 0 saturated carbocycles. The lowest BCUT2D eigenvalue weighted by Gasteiger charge is -2.09. The molecule has 6 nitrogen and oxygen atoms in total. The molecule has 0 spiro atoms. The second kappa shape index (κ2) is 6.98. The molecule has 0 atom stereocenters. The maximum Gasteiger partial charge on any atom is 0.257 e.